The minimum atomic E-state index is -3.64. The molecule has 2 aromatic carbocycles. The number of rotatable bonds is 9. The van der Waals surface area contributed by atoms with Gasteiger partial charge in [-0.1, -0.05) is 0 Å². The van der Waals surface area contributed by atoms with Crippen molar-refractivity contribution in [2.45, 2.75) is 42.8 Å². The van der Waals surface area contributed by atoms with E-state index in [1.165, 1.54) is 12.1 Å². The van der Waals surface area contributed by atoms with Gasteiger partial charge in [0.15, 0.2) is 0 Å². The number of nitrogens with one attached hydrogen (secondary N) is 2. The summed E-state index contributed by atoms with van der Waals surface area (Å²) >= 11 is 3.45. The predicted molar refractivity (Wildman–Crippen MR) is 127 cm³/mol. The molecule has 0 bridgehead atoms. The lowest BCUT2D eigenvalue weighted by Crippen LogP contribution is -2.31. The fourth-order valence-corrected chi connectivity index (χ4v) is 5.29. The Kier molecular flexibility index (Phi) is 8.02. The number of ether oxygens (including phenoxy) is 3. The number of hydrogen-bond acceptors (Lipinski definition) is 6. The van der Waals surface area contributed by atoms with Crippen LogP contribution in [0.15, 0.2) is 51.8 Å². The number of anilines is 1. The summed E-state index contributed by atoms with van der Waals surface area (Å²) in [5, 5.41) is 2.78. The molecule has 0 saturated carbocycles. The Bertz CT molecular complexity index is 1060. The molecule has 2 N–H and O–H groups in total. The average molecular weight is 539 g/mol. The van der Waals surface area contributed by atoms with E-state index in [0.29, 0.717) is 34.7 Å². The lowest BCUT2D eigenvalue weighted by atomic mass is 10.2. The van der Waals surface area contributed by atoms with Crippen LogP contribution >= 0.6 is 15.9 Å². The second-order valence-corrected chi connectivity index (χ2v) is 10.7. The van der Waals surface area contributed by atoms with Gasteiger partial charge < -0.3 is 19.5 Å². The maximum absolute atomic E-state index is 12.6. The molecule has 0 spiro atoms. The first kappa shape index (κ1) is 24.2. The average Bonchev–Trinajstić information content (AvgIpc) is 3.52. The van der Waals surface area contributed by atoms with E-state index < -0.39 is 10.0 Å². The molecule has 2 aromatic rings. The molecular formula is C23H27BrN2O6S. The first-order valence-electron chi connectivity index (χ1n) is 11.0. The maximum Gasteiger partial charge on any atom is 0.255 e. The quantitative estimate of drug-likeness (QED) is 0.504. The Balaban J connectivity index is 1.32. The highest BCUT2D eigenvalue weighted by atomic mass is 79.9. The fraction of sp³-hybridized carbons (Fsp3) is 0.435. The molecule has 2 fully saturated rings. The normalized spacial score (nSPS) is 20.6. The number of halogens is 1. The molecule has 2 unspecified atom stereocenters. The SMILES string of the molecule is O=C(Nc1ccc(S(=O)(=O)NCC2CCCO2)cc1)c1ccc(OCC2CCCO2)c(Br)c1. The molecule has 2 saturated heterocycles. The zero-order valence-corrected chi connectivity index (χ0v) is 20.5. The zero-order valence-electron chi connectivity index (χ0n) is 18.1. The number of carbonyl (C=O) groups excluding carboxylic acids is 1. The lowest BCUT2D eigenvalue weighted by molar-refractivity contribution is 0.0677. The van der Waals surface area contributed by atoms with Crippen molar-refractivity contribution in [3.63, 3.8) is 0 Å². The van der Waals surface area contributed by atoms with Crippen LogP contribution in [-0.4, -0.2) is 52.9 Å². The van der Waals surface area contributed by atoms with Gasteiger partial charge in [-0.15, -0.1) is 0 Å². The van der Waals surface area contributed by atoms with Gasteiger partial charge in [0.05, 0.1) is 21.6 Å². The number of carbonyl (C=O) groups is 1. The highest BCUT2D eigenvalue weighted by Crippen LogP contribution is 2.27. The second kappa shape index (κ2) is 11.0. The Hall–Kier alpha value is -1.98. The van der Waals surface area contributed by atoms with Gasteiger partial charge in [0, 0.05) is 31.0 Å². The lowest BCUT2D eigenvalue weighted by Gasteiger charge is -2.14. The molecule has 33 heavy (non-hydrogen) atoms. The summed E-state index contributed by atoms with van der Waals surface area (Å²) in [6.45, 7) is 2.17. The molecule has 2 atom stereocenters. The molecule has 0 aromatic heterocycles. The van der Waals surface area contributed by atoms with E-state index in [-0.39, 0.29) is 29.6 Å². The fourth-order valence-electron chi connectivity index (χ4n) is 3.73. The highest BCUT2D eigenvalue weighted by molar-refractivity contribution is 9.10. The topological polar surface area (TPSA) is 103 Å². The third-order valence-electron chi connectivity index (χ3n) is 5.59. The van der Waals surface area contributed by atoms with Crippen LogP contribution in [0.25, 0.3) is 0 Å². The summed E-state index contributed by atoms with van der Waals surface area (Å²) in [5.41, 5.74) is 0.939. The van der Waals surface area contributed by atoms with Crippen LogP contribution < -0.4 is 14.8 Å². The van der Waals surface area contributed by atoms with Gasteiger partial charge in [0.2, 0.25) is 10.0 Å². The van der Waals surface area contributed by atoms with E-state index in [2.05, 4.69) is 26.0 Å². The van der Waals surface area contributed by atoms with Gasteiger partial charge in [-0.25, -0.2) is 13.1 Å². The monoisotopic (exact) mass is 538 g/mol. The Morgan fingerprint density at radius 3 is 2.36 bits per heavy atom. The van der Waals surface area contributed by atoms with Crippen molar-refractivity contribution in [1.29, 1.82) is 0 Å². The van der Waals surface area contributed by atoms with Gasteiger partial charge in [-0.3, -0.25) is 4.79 Å². The molecule has 2 aliphatic heterocycles. The second-order valence-electron chi connectivity index (χ2n) is 8.06. The third-order valence-corrected chi connectivity index (χ3v) is 7.65. The Labute approximate surface area is 202 Å². The van der Waals surface area contributed by atoms with Crippen LogP contribution in [0.5, 0.6) is 5.75 Å². The molecule has 178 valence electrons. The van der Waals surface area contributed by atoms with E-state index in [4.69, 9.17) is 14.2 Å². The molecule has 4 rings (SSSR count). The third kappa shape index (κ3) is 6.54. The summed E-state index contributed by atoms with van der Waals surface area (Å²) in [7, 11) is -3.64. The molecule has 0 aliphatic carbocycles. The van der Waals surface area contributed by atoms with Crippen LogP contribution in [-0.2, 0) is 19.5 Å². The van der Waals surface area contributed by atoms with Gasteiger partial charge in [-0.05, 0) is 84.1 Å². The molecule has 10 heteroatoms. The molecule has 2 heterocycles. The van der Waals surface area contributed by atoms with E-state index in [9.17, 15) is 13.2 Å². The van der Waals surface area contributed by atoms with Crippen LogP contribution in [0.4, 0.5) is 5.69 Å². The first-order chi connectivity index (χ1) is 15.9. The van der Waals surface area contributed by atoms with Crippen molar-refractivity contribution in [1.82, 2.24) is 4.72 Å². The Morgan fingerprint density at radius 1 is 1.03 bits per heavy atom. The van der Waals surface area contributed by atoms with Gasteiger partial charge >= 0.3 is 0 Å². The van der Waals surface area contributed by atoms with Crippen molar-refractivity contribution >= 4 is 37.5 Å². The van der Waals surface area contributed by atoms with Crippen molar-refractivity contribution in [3.8, 4) is 5.75 Å². The van der Waals surface area contributed by atoms with E-state index in [1.807, 2.05) is 0 Å². The smallest absolute Gasteiger partial charge is 0.255 e. The molecule has 2 aliphatic rings. The predicted octanol–water partition coefficient (Wildman–Crippen LogP) is 3.72. The minimum absolute atomic E-state index is 0.0782. The maximum atomic E-state index is 12.6. The van der Waals surface area contributed by atoms with Crippen molar-refractivity contribution in [2.75, 3.05) is 31.7 Å². The van der Waals surface area contributed by atoms with Gasteiger partial charge in [0.25, 0.3) is 5.91 Å². The largest absolute Gasteiger partial charge is 0.490 e. The van der Waals surface area contributed by atoms with Crippen LogP contribution in [0, 0.1) is 0 Å². The molecule has 8 nitrogen and oxygen atoms in total. The van der Waals surface area contributed by atoms with Gasteiger partial charge in [0.1, 0.15) is 12.4 Å². The van der Waals surface area contributed by atoms with Crippen LogP contribution in [0.2, 0.25) is 0 Å². The van der Waals surface area contributed by atoms with E-state index >= 15 is 0 Å². The number of hydrogen-bond donors (Lipinski definition) is 2. The molecule has 1 amide bonds. The van der Waals surface area contributed by atoms with Crippen molar-refractivity contribution in [3.05, 3.63) is 52.5 Å². The zero-order chi connectivity index (χ0) is 23.3. The minimum Gasteiger partial charge on any atom is -0.490 e. The first-order valence-corrected chi connectivity index (χ1v) is 13.2. The molecule has 0 radical (unpaired) electrons. The van der Waals surface area contributed by atoms with Crippen molar-refractivity contribution < 1.29 is 27.4 Å². The van der Waals surface area contributed by atoms with E-state index in [1.54, 1.807) is 30.3 Å². The summed E-state index contributed by atoms with van der Waals surface area (Å²) in [4.78, 5) is 12.8. The molecular weight excluding hydrogens is 512 g/mol. The summed E-state index contributed by atoms with van der Waals surface area (Å²) in [6.07, 6.45) is 3.87. The standard InChI is InChI=1S/C23H27BrN2O6S/c24-21-13-16(5-10-22(21)32-15-19-4-2-12-31-19)23(27)26-17-6-8-20(9-7-17)33(28,29)25-14-18-3-1-11-30-18/h5-10,13,18-19,25H,1-4,11-12,14-15H2,(H,26,27). The highest BCUT2D eigenvalue weighted by Gasteiger charge is 2.21. The van der Waals surface area contributed by atoms with E-state index in [0.717, 1.165) is 32.3 Å². The van der Waals surface area contributed by atoms with Crippen molar-refractivity contribution in [2.24, 2.45) is 0 Å². The summed E-state index contributed by atoms with van der Waals surface area (Å²) in [6, 6.07) is 11.2. The summed E-state index contributed by atoms with van der Waals surface area (Å²) < 4.78 is 45.0. The number of sulfonamides is 1. The number of benzene rings is 2. The number of amides is 1. The Morgan fingerprint density at radius 2 is 1.73 bits per heavy atom. The van der Waals surface area contributed by atoms with Crippen LogP contribution in [0.3, 0.4) is 0 Å². The van der Waals surface area contributed by atoms with Crippen LogP contribution in [0.1, 0.15) is 36.0 Å². The van der Waals surface area contributed by atoms with Gasteiger partial charge in [-0.2, -0.15) is 0 Å². The summed E-state index contributed by atoms with van der Waals surface area (Å²) in [5.74, 6) is 0.334.